The second-order valence-corrected chi connectivity index (χ2v) is 9.48. The van der Waals surface area contributed by atoms with Gasteiger partial charge in [-0.3, -0.25) is 4.99 Å². The number of hydrogen-bond donors (Lipinski definition) is 2. The van der Waals surface area contributed by atoms with Crippen molar-refractivity contribution in [3.8, 4) is 0 Å². The van der Waals surface area contributed by atoms with Gasteiger partial charge in [0, 0.05) is 32.2 Å². The summed E-state index contributed by atoms with van der Waals surface area (Å²) in [6.45, 7) is 6.63. The number of ether oxygens (including phenoxy) is 1. The Morgan fingerprint density at radius 1 is 1.20 bits per heavy atom. The van der Waals surface area contributed by atoms with E-state index in [9.17, 15) is 13.2 Å². The lowest BCUT2D eigenvalue weighted by molar-refractivity contribution is 0.0963. The molecule has 1 fully saturated rings. The van der Waals surface area contributed by atoms with Crippen LogP contribution in [0.25, 0.3) is 0 Å². The molecule has 2 N–H and O–H groups in total. The summed E-state index contributed by atoms with van der Waals surface area (Å²) in [5.74, 6) is 0.866. The summed E-state index contributed by atoms with van der Waals surface area (Å²) in [7, 11) is -3.15. The predicted molar refractivity (Wildman–Crippen MR) is 119 cm³/mol. The monoisotopic (exact) mass is 438 g/mol. The SMILES string of the molecule is CCNC(=NCCCS(=O)(=O)Cc1ccccc1)NC1CCN(C(=O)OCC)CC1. The Bertz CT molecular complexity index is 775. The second kappa shape index (κ2) is 12.4. The molecule has 0 spiro atoms. The summed E-state index contributed by atoms with van der Waals surface area (Å²) in [5.41, 5.74) is 0.810. The number of carbonyl (C=O) groups excluding carboxylic acids is 1. The van der Waals surface area contributed by atoms with Crippen molar-refractivity contribution in [3.63, 3.8) is 0 Å². The molecule has 0 aromatic heterocycles. The smallest absolute Gasteiger partial charge is 0.409 e. The van der Waals surface area contributed by atoms with Crippen molar-refractivity contribution < 1.29 is 17.9 Å². The van der Waals surface area contributed by atoms with E-state index in [-0.39, 0.29) is 23.6 Å². The van der Waals surface area contributed by atoms with Crippen LogP contribution in [-0.4, -0.2) is 70.0 Å². The summed E-state index contributed by atoms with van der Waals surface area (Å²) in [6, 6.07) is 9.45. The highest BCUT2D eigenvalue weighted by atomic mass is 32.2. The minimum absolute atomic E-state index is 0.0644. The van der Waals surface area contributed by atoms with Gasteiger partial charge in [-0.05, 0) is 38.7 Å². The molecule has 0 aliphatic carbocycles. The molecule has 1 aromatic rings. The molecule has 0 atom stereocenters. The first-order valence-corrected chi connectivity index (χ1v) is 12.5. The highest BCUT2D eigenvalue weighted by Gasteiger charge is 2.24. The second-order valence-electron chi connectivity index (χ2n) is 7.30. The van der Waals surface area contributed by atoms with E-state index in [1.165, 1.54) is 0 Å². The minimum Gasteiger partial charge on any atom is -0.450 e. The Labute approximate surface area is 180 Å². The molecule has 1 aromatic carbocycles. The highest BCUT2D eigenvalue weighted by Crippen LogP contribution is 2.11. The van der Waals surface area contributed by atoms with Crippen LogP contribution in [-0.2, 0) is 20.3 Å². The number of sulfone groups is 1. The molecule has 0 unspecified atom stereocenters. The lowest BCUT2D eigenvalue weighted by Gasteiger charge is -2.32. The predicted octanol–water partition coefficient (Wildman–Crippen LogP) is 2.17. The molecule has 0 saturated carbocycles. The van der Waals surface area contributed by atoms with Crippen molar-refractivity contribution in [2.24, 2.45) is 4.99 Å². The Balaban J connectivity index is 1.77. The van der Waals surface area contributed by atoms with E-state index in [0.29, 0.717) is 38.6 Å². The van der Waals surface area contributed by atoms with Gasteiger partial charge in [0.2, 0.25) is 0 Å². The molecule has 8 nitrogen and oxygen atoms in total. The zero-order valence-electron chi connectivity index (χ0n) is 18.0. The van der Waals surface area contributed by atoms with Crippen LogP contribution < -0.4 is 10.6 Å². The van der Waals surface area contributed by atoms with E-state index in [0.717, 1.165) is 24.9 Å². The van der Waals surface area contributed by atoms with Gasteiger partial charge in [0.1, 0.15) is 0 Å². The van der Waals surface area contributed by atoms with Crippen LogP contribution in [0.3, 0.4) is 0 Å². The van der Waals surface area contributed by atoms with Crippen LogP contribution in [0.5, 0.6) is 0 Å². The number of aliphatic imine (C=N–C) groups is 1. The van der Waals surface area contributed by atoms with Crippen molar-refractivity contribution in [1.82, 2.24) is 15.5 Å². The lowest BCUT2D eigenvalue weighted by atomic mass is 10.1. The lowest BCUT2D eigenvalue weighted by Crippen LogP contribution is -2.50. The van der Waals surface area contributed by atoms with E-state index in [2.05, 4.69) is 15.6 Å². The molecule has 0 bridgehead atoms. The van der Waals surface area contributed by atoms with Gasteiger partial charge in [0.05, 0.1) is 18.1 Å². The molecule has 9 heteroatoms. The average molecular weight is 439 g/mol. The van der Waals surface area contributed by atoms with Crippen molar-refractivity contribution >= 4 is 21.9 Å². The van der Waals surface area contributed by atoms with Crippen molar-refractivity contribution in [2.75, 3.05) is 38.5 Å². The normalized spacial score (nSPS) is 15.7. The molecule has 30 heavy (non-hydrogen) atoms. The van der Waals surface area contributed by atoms with Gasteiger partial charge < -0.3 is 20.3 Å². The van der Waals surface area contributed by atoms with E-state index >= 15 is 0 Å². The van der Waals surface area contributed by atoms with E-state index in [1.54, 1.807) is 11.8 Å². The molecule has 1 amide bonds. The summed E-state index contributed by atoms with van der Waals surface area (Å²) in [4.78, 5) is 18.0. The number of benzene rings is 1. The van der Waals surface area contributed by atoms with Gasteiger partial charge in [0.25, 0.3) is 0 Å². The van der Waals surface area contributed by atoms with E-state index in [1.807, 2.05) is 37.3 Å². The Kier molecular flexibility index (Phi) is 9.93. The minimum atomic E-state index is -3.15. The fraction of sp³-hybridized carbons (Fsp3) is 0.619. The Morgan fingerprint density at radius 2 is 1.90 bits per heavy atom. The third kappa shape index (κ3) is 8.61. The maximum absolute atomic E-state index is 12.3. The molecular formula is C21H34N4O4S. The third-order valence-corrected chi connectivity index (χ3v) is 6.50. The van der Waals surface area contributed by atoms with Crippen LogP contribution >= 0.6 is 0 Å². The van der Waals surface area contributed by atoms with Gasteiger partial charge in [0.15, 0.2) is 15.8 Å². The number of nitrogens with zero attached hydrogens (tertiary/aromatic N) is 2. The van der Waals surface area contributed by atoms with Crippen molar-refractivity contribution in [1.29, 1.82) is 0 Å². The maximum atomic E-state index is 12.3. The number of hydrogen-bond acceptors (Lipinski definition) is 5. The summed E-state index contributed by atoms with van der Waals surface area (Å²) >= 11 is 0. The van der Waals surface area contributed by atoms with Crippen LogP contribution in [0.2, 0.25) is 0 Å². The fourth-order valence-electron chi connectivity index (χ4n) is 3.31. The number of piperidine rings is 1. The number of carbonyl (C=O) groups is 1. The average Bonchev–Trinajstić information content (AvgIpc) is 2.72. The van der Waals surface area contributed by atoms with Crippen molar-refractivity contribution in [2.45, 2.75) is 44.9 Å². The van der Waals surface area contributed by atoms with Crippen LogP contribution in [0.4, 0.5) is 4.79 Å². The zero-order chi connectivity index (χ0) is 21.8. The standard InChI is InChI=1S/C21H34N4O4S/c1-3-22-20(24-19-11-14-25(15-12-19)21(26)29-4-2)23-13-8-16-30(27,28)17-18-9-6-5-7-10-18/h5-7,9-10,19H,3-4,8,11-17H2,1-2H3,(H2,22,23,24). The van der Waals surface area contributed by atoms with Gasteiger partial charge in [-0.1, -0.05) is 30.3 Å². The Hall–Kier alpha value is -2.29. The number of likely N-dealkylation sites (tertiary alicyclic amines) is 1. The highest BCUT2D eigenvalue weighted by molar-refractivity contribution is 7.90. The number of nitrogens with one attached hydrogen (secondary N) is 2. The molecule has 1 aliphatic rings. The van der Waals surface area contributed by atoms with Crippen LogP contribution in [0.1, 0.15) is 38.7 Å². The maximum Gasteiger partial charge on any atom is 0.409 e. The van der Waals surface area contributed by atoms with Gasteiger partial charge in [-0.2, -0.15) is 0 Å². The molecular weight excluding hydrogens is 404 g/mol. The number of amides is 1. The molecule has 1 aliphatic heterocycles. The zero-order valence-corrected chi connectivity index (χ0v) is 18.8. The van der Waals surface area contributed by atoms with E-state index < -0.39 is 9.84 Å². The van der Waals surface area contributed by atoms with E-state index in [4.69, 9.17) is 4.74 Å². The quantitative estimate of drug-likeness (QED) is 0.348. The van der Waals surface area contributed by atoms with Gasteiger partial charge in [-0.15, -0.1) is 0 Å². The summed E-state index contributed by atoms with van der Waals surface area (Å²) in [5, 5.41) is 6.60. The molecule has 2 rings (SSSR count). The third-order valence-electron chi connectivity index (χ3n) is 4.82. The van der Waals surface area contributed by atoms with Crippen LogP contribution in [0.15, 0.2) is 35.3 Å². The van der Waals surface area contributed by atoms with Crippen molar-refractivity contribution in [3.05, 3.63) is 35.9 Å². The first-order valence-electron chi connectivity index (χ1n) is 10.6. The van der Waals surface area contributed by atoms with Gasteiger partial charge >= 0.3 is 6.09 Å². The molecule has 1 heterocycles. The summed E-state index contributed by atoms with van der Waals surface area (Å²) in [6.07, 6.45) is 1.85. The molecule has 0 radical (unpaired) electrons. The van der Waals surface area contributed by atoms with Crippen LogP contribution in [0, 0.1) is 0 Å². The first kappa shape index (κ1) is 24.0. The fourth-order valence-corrected chi connectivity index (χ4v) is 4.72. The topological polar surface area (TPSA) is 100 Å². The molecule has 1 saturated heterocycles. The summed E-state index contributed by atoms with van der Waals surface area (Å²) < 4.78 is 29.6. The Morgan fingerprint density at radius 3 is 2.53 bits per heavy atom. The molecule has 168 valence electrons. The van der Waals surface area contributed by atoms with Gasteiger partial charge in [-0.25, -0.2) is 13.2 Å². The first-order chi connectivity index (χ1) is 14.4. The number of guanidine groups is 1. The number of rotatable bonds is 9. The largest absolute Gasteiger partial charge is 0.450 e.